The molecule has 258 valence electrons. The normalized spacial score (nSPS) is 27.2. The molecule has 0 saturated carbocycles. The van der Waals surface area contributed by atoms with Crippen LogP contribution in [0.1, 0.15) is 70.5 Å². The Balaban J connectivity index is 1.68. The highest BCUT2D eigenvalue weighted by Crippen LogP contribution is 2.60. The van der Waals surface area contributed by atoms with E-state index in [0.29, 0.717) is 31.5 Å². The number of nitrogens with zero attached hydrogens (tertiary/aromatic N) is 3. The van der Waals surface area contributed by atoms with E-state index < -0.39 is 47.7 Å². The van der Waals surface area contributed by atoms with Gasteiger partial charge in [0.25, 0.3) is 0 Å². The molecular formula is C36H50BrN3O7. The molecular weight excluding hydrogens is 666 g/mol. The number of unbranched alkanes of at least 4 members (excludes halogenated alkanes) is 2. The predicted octanol–water partition coefficient (Wildman–Crippen LogP) is 4.42. The highest BCUT2D eigenvalue weighted by Gasteiger charge is 2.77. The predicted molar refractivity (Wildman–Crippen MR) is 182 cm³/mol. The molecule has 0 radical (unpaired) electrons. The van der Waals surface area contributed by atoms with E-state index in [1.807, 2.05) is 37.3 Å². The monoisotopic (exact) mass is 715 g/mol. The fraction of sp³-hybridized carbons (Fsp3) is 0.611. The van der Waals surface area contributed by atoms with Crippen LogP contribution in [0.25, 0.3) is 0 Å². The standard InChI is InChI=1S/C36H50BrN3O7/c1-6-9-14-20-39(19-8-3)34(44)32-36-23-26(37)31(47-36)28(29(36)33(43)40(32)21-15-22-41)35(45)46-30(25-16-12-11-13-17-25)24(4)38(5)27(42)18-10-7-2/h7-8,11-13,16-17,24,26,28-32,41H,2-3,6,9-10,14-15,18-23H2,1,4-5H3/t24-,26?,28-,29+,30+,31-,32-,36+/m0/s1. The first-order valence-electron chi connectivity index (χ1n) is 16.8. The Labute approximate surface area is 287 Å². The van der Waals surface area contributed by atoms with Gasteiger partial charge in [0, 0.05) is 44.5 Å². The lowest BCUT2D eigenvalue weighted by Gasteiger charge is -2.37. The second kappa shape index (κ2) is 16.4. The Morgan fingerprint density at radius 3 is 2.55 bits per heavy atom. The van der Waals surface area contributed by atoms with E-state index in [1.54, 1.807) is 29.0 Å². The summed E-state index contributed by atoms with van der Waals surface area (Å²) in [5.74, 6) is -3.18. The number of carbonyl (C=O) groups excluding carboxylic acids is 4. The number of likely N-dealkylation sites (N-methyl/N-ethyl adjacent to an activating group) is 1. The third-order valence-electron chi connectivity index (χ3n) is 9.92. The smallest absolute Gasteiger partial charge is 0.313 e. The molecule has 3 aliphatic rings. The van der Waals surface area contributed by atoms with E-state index in [4.69, 9.17) is 9.47 Å². The van der Waals surface area contributed by atoms with Gasteiger partial charge in [-0.3, -0.25) is 19.2 Å². The number of alkyl halides is 1. The van der Waals surface area contributed by atoms with Crippen molar-refractivity contribution in [3.63, 3.8) is 0 Å². The third-order valence-corrected chi connectivity index (χ3v) is 10.8. The van der Waals surface area contributed by atoms with Crippen LogP contribution in [0.5, 0.6) is 0 Å². The van der Waals surface area contributed by atoms with Crippen molar-refractivity contribution in [2.24, 2.45) is 11.8 Å². The summed E-state index contributed by atoms with van der Waals surface area (Å²) in [7, 11) is 1.69. The van der Waals surface area contributed by atoms with Crippen molar-refractivity contribution in [3.05, 3.63) is 61.2 Å². The molecule has 1 unspecified atom stereocenters. The van der Waals surface area contributed by atoms with Gasteiger partial charge < -0.3 is 29.3 Å². The zero-order valence-electron chi connectivity index (χ0n) is 27.9. The van der Waals surface area contributed by atoms with Gasteiger partial charge in [-0.05, 0) is 38.2 Å². The van der Waals surface area contributed by atoms with Gasteiger partial charge in [-0.25, -0.2) is 0 Å². The molecule has 0 aromatic heterocycles. The van der Waals surface area contributed by atoms with Crippen molar-refractivity contribution >= 4 is 39.6 Å². The van der Waals surface area contributed by atoms with E-state index in [9.17, 15) is 24.3 Å². The average molecular weight is 717 g/mol. The minimum atomic E-state index is -1.23. The highest BCUT2D eigenvalue weighted by atomic mass is 79.9. The number of hydrogen-bond acceptors (Lipinski definition) is 7. The average Bonchev–Trinajstić information content (AvgIpc) is 3.67. The fourth-order valence-corrected chi connectivity index (χ4v) is 8.40. The van der Waals surface area contributed by atoms with Crippen LogP contribution in [0.3, 0.4) is 0 Å². The zero-order valence-corrected chi connectivity index (χ0v) is 29.5. The minimum absolute atomic E-state index is 0.105. The van der Waals surface area contributed by atoms with Gasteiger partial charge in [0.15, 0.2) is 0 Å². The molecule has 0 aliphatic carbocycles. The number of ether oxygens (including phenoxy) is 2. The van der Waals surface area contributed by atoms with E-state index in [1.165, 1.54) is 4.90 Å². The van der Waals surface area contributed by atoms with Crippen LogP contribution < -0.4 is 0 Å². The molecule has 3 amide bonds. The SMILES string of the molecule is C=CCCC(=O)N(C)[C@@H](C)[C@@H](OC(=O)[C@@H]1[C@H]2O[C@@]3(CC2Br)[C@H](C(=O)N(CC=C)CCCCC)N(CCCO)C(=O)[C@@H]13)c1ccccc1. The number of aliphatic hydroxyl groups excluding tert-OH is 1. The van der Waals surface area contributed by atoms with Crippen molar-refractivity contribution in [1.82, 2.24) is 14.7 Å². The van der Waals surface area contributed by atoms with Crippen molar-refractivity contribution in [2.75, 3.05) is 33.3 Å². The van der Waals surface area contributed by atoms with Gasteiger partial charge in [-0.2, -0.15) is 0 Å². The molecule has 1 spiro atoms. The number of allylic oxidation sites excluding steroid dienone is 1. The molecule has 2 bridgehead atoms. The lowest BCUT2D eigenvalue weighted by Crippen LogP contribution is -2.57. The molecule has 3 heterocycles. The second-order valence-electron chi connectivity index (χ2n) is 12.9. The van der Waals surface area contributed by atoms with Crippen molar-refractivity contribution in [1.29, 1.82) is 0 Å². The largest absolute Gasteiger partial charge is 0.455 e. The molecule has 3 saturated heterocycles. The summed E-state index contributed by atoms with van der Waals surface area (Å²) in [6.45, 7) is 12.3. The molecule has 3 fully saturated rings. The number of fused-ring (bicyclic) bond motifs is 1. The summed E-state index contributed by atoms with van der Waals surface area (Å²) in [5.41, 5.74) is -0.518. The Kier molecular flexibility index (Phi) is 12.8. The maximum Gasteiger partial charge on any atom is 0.313 e. The first-order valence-corrected chi connectivity index (χ1v) is 17.7. The fourth-order valence-electron chi connectivity index (χ4n) is 7.46. The maximum atomic E-state index is 14.4. The number of amides is 3. The number of hydrogen-bond donors (Lipinski definition) is 1. The van der Waals surface area contributed by atoms with Gasteiger partial charge >= 0.3 is 5.97 Å². The van der Waals surface area contributed by atoms with Crippen molar-refractivity contribution in [3.8, 4) is 0 Å². The summed E-state index contributed by atoms with van der Waals surface area (Å²) in [5, 5.41) is 9.69. The Hall–Kier alpha value is -3.02. The van der Waals surface area contributed by atoms with Gasteiger partial charge in [0.1, 0.15) is 17.7 Å². The number of carbonyl (C=O) groups is 4. The molecule has 3 aliphatic heterocycles. The topological polar surface area (TPSA) is 117 Å². The van der Waals surface area contributed by atoms with Crippen molar-refractivity contribution < 1.29 is 33.8 Å². The van der Waals surface area contributed by atoms with E-state index in [0.717, 1.165) is 19.3 Å². The summed E-state index contributed by atoms with van der Waals surface area (Å²) < 4.78 is 13.0. The summed E-state index contributed by atoms with van der Waals surface area (Å²) >= 11 is 3.73. The van der Waals surface area contributed by atoms with E-state index in [-0.39, 0.29) is 48.5 Å². The number of benzene rings is 1. The van der Waals surface area contributed by atoms with Crippen molar-refractivity contribution in [2.45, 2.75) is 93.5 Å². The van der Waals surface area contributed by atoms with Crippen LogP contribution in [-0.2, 0) is 28.7 Å². The van der Waals surface area contributed by atoms with Crippen LogP contribution in [0.2, 0.25) is 0 Å². The van der Waals surface area contributed by atoms with Crippen LogP contribution in [0.4, 0.5) is 0 Å². The number of rotatable bonds is 18. The summed E-state index contributed by atoms with van der Waals surface area (Å²) in [6, 6.07) is 7.78. The van der Waals surface area contributed by atoms with E-state index in [2.05, 4.69) is 36.0 Å². The second-order valence-corrected chi connectivity index (χ2v) is 14.1. The highest BCUT2D eigenvalue weighted by molar-refractivity contribution is 9.09. The molecule has 1 aromatic carbocycles. The Morgan fingerprint density at radius 2 is 1.91 bits per heavy atom. The number of aliphatic hydroxyl groups is 1. The lowest BCUT2D eigenvalue weighted by molar-refractivity contribution is -0.164. The summed E-state index contributed by atoms with van der Waals surface area (Å²) in [6.07, 6.45) is 6.10. The zero-order chi connectivity index (χ0) is 34.3. The van der Waals surface area contributed by atoms with Gasteiger partial charge in [0.2, 0.25) is 17.7 Å². The van der Waals surface area contributed by atoms with Crippen LogP contribution in [0, 0.1) is 11.8 Å². The summed E-state index contributed by atoms with van der Waals surface area (Å²) in [4.78, 5) is 60.6. The minimum Gasteiger partial charge on any atom is -0.455 e. The molecule has 11 heteroatoms. The number of esters is 1. The van der Waals surface area contributed by atoms with Gasteiger partial charge in [-0.1, -0.05) is 78.2 Å². The number of halogens is 1. The first-order chi connectivity index (χ1) is 22.6. The van der Waals surface area contributed by atoms with Crippen LogP contribution >= 0.6 is 15.9 Å². The van der Waals surface area contributed by atoms with Crippen LogP contribution in [0.15, 0.2) is 55.6 Å². The first kappa shape index (κ1) is 36.8. The lowest BCUT2D eigenvalue weighted by atomic mass is 9.70. The van der Waals surface area contributed by atoms with Gasteiger partial charge in [-0.15, -0.1) is 13.2 Å². The Bertz CT molecular complexity index is 1290. The van der Waals surface area contributed by atoms with E-state index >= 15 is 0 Å². The molecule has 1 N–H and O–H groups in total. The molecule has 47 heavy (non-hydrogen) atoms. The molecule has 10 nitrogen and oxygen atoms in total. The third kappa shape index (κ3) is 7.37. The molecule has 4 rings (SSSR count). The molecule has 1 aromatic rings. The number of likely N-dealkylation sites (tertiary alicyclic amines) is 1. The Morgan fingerprint density at radius 1 is 1.19 bits per heavy atom. The van der Waals surface area contributed by atoms with Gasteiger partial charge in [0.05, 0.1) is 24.0 Å². The quantitative estimate of drug-likeness (QED) is 0.104. The van der Waals surface area contributed by atoms with Crippen LogP contribution in [-0.4, -0.2) is 105 Å². The maximum absolute atomic E-state index is 14.4. The molecule has 8 atom stereocenters.